The first-order chi connectivity index (χ1) is 14.1. The summed E-state index contributed by atoms with van der Waals surface area (Å²) in [6.07, 6.45) is 0. The molecule has 1 aliphatic carbocycles. The van der Waals surface area contributed by atoms with Crippen LogP contribution in [0.2, 0.25) is 0 Å². The fraction of sp³-hybridized carbons (Fsp3) is 0.208. The van der Waals surface area contributed by atoms with Crippen LogP contribution in [0.3, 0.4) is 0 Å². The Kier molecular flexibility index (Phi) is 3.66. The van der Waals surface area contributed by atoms with Gasteiger partial charge in [0.1, 0.15) is 23.1 Å². The van der Waals surface area contributed by atoms with Crippen LogP contribution in [0.25, 0.3) is 11.0 Å². The zero-order chi connectivity index (χ0) is 19.7. The minimum Gasteiger partial charge on any atom is -0.457 e. The van der Waals surface area contributed by atoms with Gasteiger partial charge in [0.15, 0.2) is 0 Å². The standard InChI is InChI=1S/C24H18BrFN2O/c1-13-21-22(13)24-27-18-12-17(26)16(25)11-19(18)28(24)23(21)15-9-5-6-10-20(15)29-14-7-3-2-4-8-14/h2-13,21-23H,1H3/t13-,21?,22?,23-/m0/s1. The first-order valence-electron chi connectivity index (χ1n) is 9.82. The summed E-state index contributed by atoms with van der Waals surface area (Å²) in [6.45, 7) is 2.28. The van der Waals surface area contributed by atoms with Crippen molar-refractivity contribution in [3.63, 3.8) is 0 Å². The third-order valence-corrected chi connectivity index (χ3v) is 6.96. The van der Waals surface area contributed by atoms with E-state index in [1.54, 1.807) is 0 Å². The van der Waals surface area contributed by atoms with Crippen molar-refractivity contribution >= 4 is 27.0 Å². The van der Waals surface area contributed by atoms with Gasteiger partial charge in [-0.25, -0.2) is 9.37 Å². The summed E-state index contributed by atoms with van der Waals surface area (Å²) < 4.78 is 23.1. The van der Waals surface area contributed by atoms with E-state index < -0.39 is 0 Å². The smallest absolute Gasteiger partial charge is 0.139 e. The Labute approximate surface area is 176 Å². The van der Waals surface area contributed by atoms with E-state index in [2.05, 4.69) is 39.6 Å². The number of ether oxygens (including phenoxy) is 1. The van der Waals surface area contributed by atoms with E-state index in [1.807, 2.05) is 48.5 Å². The second kappa shape index (κ2) is 6.17. The van der Waals surface area contributed by atoms with E-state index in [0.717, 1.165) is 28.4 Å². The zero-order valence-electron chi connectivity index (χ0n) is 15.7. The Balaban J connectivity index is 1.52. The number of imidazole rings is 1. The van der Waals surface area contributed by atoms with Crippen LogP contribution in [0.5, 0.6) is 11.5 Å². The maximum atomic E-state index is 14.1. The van der Waals surface area contributed by atoms with Crippen LogP contribution in [0.1, 0.15) is 30.3 Å². The Morgan fingerprint density at radius 3 is 2.62 bits per heavy atom. The average Bonchev–Trinajstić information content (AvgIpc) is 3.07. The van der Waals surface area contributed by atoms with Crippen molar-refractivity contribution in [1.29, 1.82) is 0 Å². The van der Waals surface area contributed by atoms with Crippen LogP contribution >= 0.6 is 15.9 Å². The lowest BCUT2D eigenvalue weighted by Crippen LogP contribution is -2.13. The highest BCUT2D eigenvalue weighted by atomic mass is 79.9. The van der Waals surface area contributed by atoms with E-state index in [0.29, 0.717) is 27.7 Å². The van der Waals surface area contributed by atoms with Gasteiger partial charge in [-0.05, 0) is 52.0 Å². The molecule has 0 radical (unpaired) electrons. The van der Waals surface area contributed by atoms with Gasteiger partial charge in [0.05, 0.1) is 21.5 Å². The molecule has 3 aromatic carbocycles. The van der Waals surface area contributed by atoms with Gasteiger partial charge < -0.3 is 9.30 Å². The predicted molar refractivity (Wildman–Crippen MR) is 114 cm³/mol. The number of hydrogen-bond acceptors (Lipinski definition) is 2. The Hall–Kier alpha value is -2.66. The number of fused-ring (bicyclic) bond motifs is 5. The largest absolute Gasteiger partial charge is 0.457 e. The Morgan fingerprint density at radius 1 is 1.03 bits per heavy atom. The molecule has 2 aliphatic rings. The molecule has 144 valence electrons. The monoisotopic (exact) mass is 448 g/mol. The summed E-state index contributed by atoms with van der Waals surface area (Å²) in [6, 6.07) is 21.6. The minimum atomic E-state index is -0.279. The second-order valence-electron chi connectivity index (χ2n) is 7.96. The molecule has 0 saturated heterocycles. The van der Waals surface area contributed by atoms with E-state index >= 15 is 0 Å². The number of hydrogen-bond donors (Lipinski definition) is 0. The lowest BCUT2D eigenvalue weighted by Gasteiger charge is -2.22. The van der Waals surface area contributed by atoms with Crippen molar-refractivity contribution in [3.8, 4) is 11.5 Å². The maximum absolute atomic E-state index is 14.1. The molecule has 1 aromatic heterocycles. The van der Waals surface area contributed by atoms with Crippen molar-refractivity contribution in [3.05, 3.63) is 88.4 Å². The molecule has 3 nitrogen and oxygen atoms in total. The summed E-state index contributed by atoms with van der Waals surface area (Å²) in [4.78, 5) is 4.82. The molecule has 0 N–H and O–H groups in total. The number of halogens is 2. The lowest BCUT2D eigenvalue weighted by atomic mass is 10.00. The average molecular weight is 449 g/mol. The number of nitrogens with zero attached hydrogens (tertiary/aromatic N) is 2. The second-order valence-corrected chi connectivity index (χ2v) is 8.81. The van der Waals surface area contributed by atoms with E-state index in [9.17, 15) is 4.39 Å². The zero-order valence-corrected chi connectivity index (χ0v) is 17.3. The van der Waals surface area contributed by atoms with Gasteiger partial charge in [-0.3, -0.25) is 0 Å². The fourth-order valence-electron chi connectivity index (χ4n) is 4.97. The third kappa shape index (κ3) is 2.50. The lowest BCUT2D eigenvalue weighted by molar-refractivity contribution is 0.450. The maximum Gasteiger partial charge on any atom is 0.139 e. The van der Waals surface area contributed by atoms with Crippen LogP contribution in [-0.2, 0) is 0 Å². The molecule has 1 saturated carbocycles. The molecule has 2 heterocycles. The van der Waals surface area contributed by atoms with Crippen LogP contribution in [-0.4, -0.2) is 9.55 Å². The molecule has 6 rings (SSSR count). The topological polar surface area (TPSA) is 27.1 Å². The molecule has 2 unspecified atom stereocenters. The molecule has 1 aliphatic heterocycles. The van der Waals surface area contributed by atoms with Gasteiger partial charge in [0, 0.05) is 17.5 Å². The van der Waals surface area contributed by atoms with Gasteiger partial charge in [-0.15, -0.1) is 0 Å². The molecule has 1 fully saturated rings. The van der Waals surface area contributed by atoms with Crippen molar-refractivity contribution in [1.82, 2.24) is 9.55 Å². The molecule has 5 heteroatoms. The highest BCUT2D eigenvalue weighted by molar-refractivity contribution is 9.10. The quantitative estimate of drug-likeness (QED) is 0.349. The normalized spacial score (nSPS) is 24.4. The van der Waals surface area contributed by atoms with Gasteiger partial charge in [0.2, 0.25) is 0 Å². The molecule has 0 spiro atoms. The summed E-state index contributed by atoms with van der Waals surface area (Å²) in [5.74, 6) is 3.93. The van der Waals surface area contributed by atoms with Crippen molar-refractivity contribution in [2.75, 3.05) is 0 Å². The summed E-state index contributed by atoms with van der Waals surface area (Å²) >= 11 is 3.34. The van der Waals surface area contributed by atoms with E-state index in [4.69, 9.17) is 9.72 Å². The summed E-state index contributed by atoms with van der Waals surface area (Å²) in [5.41, 5.74) is 2.83. The summed E-state index contributed by atoms with van der Waals surface area (Å²) in [7, 11) is 0. The molecular weight excluding hydrogens is 431 g/mol. The molecule has 29 heavy (non-hydrogen) atoms. The van der Waals surface area contributed by atoms with Gasteiger partial charge in [0.25, 0.3) is 0 Å². The van der Waals surface area contributed by atoms with Gasteiger partial charge in [-0.1, -0.05) is 43.3 Å². The first-order valence-corrected chi connectivity index (χ1v) is 10.6. The van der Waals surface area contributed by atoms with Crippen molar-refractivity contribution in [2.45, 2.75) is 18.9 Å². The van der Waals surface area contributed by atoms with Crippen molar-refractivity contribution < 1.29 is 9.13 Å². The van der Waals surface area contributed by atoms with Crippen LogP contribution < -0.4 is 4.74 Å². The highest BCUT2D eigenvalue weighted by Gasteiger charge is 2.61. The molecule has 0 amide bonds. The van der Waals surface area contributed by atoms with Gasteiger partial charge >= 0.3 is 0 Å². The highest BCUT2D eigenvalue weighted by Crippen LogP contribution is 2.66. The molecule has 4 aromatic rings. The van der Waals surface area contributed by atoms with Gasteiger partial charge in [-0.2, -0.15) is 0 Å². The predicted octanol–water partition coefficient (Wildman–Crippen LogP) is 6.68. The Morgan fingerprint density at radius 2 is 1.79 bits per heavy atom. The number of benzene rings is 3. The first kappa shape index (κ1) is 17.2. The minimum absolute atomic E-state index is 0.132. The SMILES string of the molecule is C[C@@H]1C2c3nc4cc(F)c(Br)cc4n3[C@@H](c3ccccc3Oc3ccccc3)C21. The molecule has 0 bridgehead atoms. The number of rotatable bonds is 3. The number of aromatic nitrogens is 2. The molecular formula is C24H18BrFN2O. The van der Waals surface area contributed by atoms with Crippen LogP contribution in [0, 0.1) is 17.7 Å². The summed E-state index contributed by atoms with van der Waals surface area (Å²) in [5, 5.41) is 0. The third-order valence-electron chi connectivity index (χ3n) is 6.36. The van der Waals surface area contributed by atoms with Crippen LogP contribution in [0.4, 0.5) is 4.39 Å². The van der Waals surface area contributed by atoms with E-state index in [1.165, 1.54) is 6.07 Å². The fourth-order valence-corrected chi connectivity index (χ4v) is 5.30. The van der Waals surface area contributed by atoms with Crippen LogP contribution in [0.15, 0.2) is 71.2 Å². The van der Waals surface area contributed by atoms with E-state index in [-0.39, 0.29) is 11.9 Å². The molecule has 4 atom stereocenters. The number of para-hydroxylation sites is 2. The van der Waals surface area contributed by atoms with Crippen molar-refractivity contribution in [2.24, 2.45) is 11.8 Å². The Bertz CT molecular complexity index is 1250.